The van der Waals surface area contributed by atoms with E-state index in [4.69, 9.17) is 11.6 Å². The first-order valence-corrected chi connectivity index (χ1v) is 9.27. The molecule has 1 fully saturated rings. The van der Waals surface area contributed by atoms with Crippen molar-refractivity contribution in [3.63, 3.8) is 0 Å². The van der Waals surface area contributed by atoms with Gasteiger partial charge in [-0.15, -0.1) is 0 Å². The summed E-state index contributed by atoms with van der Waals surface area (Å²) in [5.74, 6) is 2.43. The maximum absolute atomic E-state index is 14.1. The number of hydrogen-bond donors (Lipinski definition) is 2. The highest BCUT2D eigenvalue weighted by Gasteiger charge is 2.42. The van der Waals surface area contributed by atoms with E-state index in [-0.39, 0.29) is 23.8 Å². The van der Waals surface area contributed by atoms with Gasteiger partial charge >= 0.3 is 0 Å². The van der Waals surface area contributed by atoms with E-state index in [1.165, 1.54) is 6.07 Å². The van der Waals surface area contributed by atoms with Crippen molar-refractivity contribution in [1.29, 1.82) is 0 Å². The van der Waals surface area contributed by atoms with E-state index in [2.05, 4.69) is 25.7 Å². The van der Waals surface area contributed by atoms with E-state index in [0.29, 0.717) is 10.6 Å². The number of aryl methyl sites for hydroxylation is 2. The maximum Gasteiger partial charge on any atom is 0.191 e. The third kappa shape index (κ3) is 3.40. The number of fused-ring (bicyclic) bond motifs is 1. The molecule has 1 aromatic carbocycles. The largest absolute Gasteiger partial charge is 0.353 e. The van der Waals surface area contributed by atoms with Crippen LogP contribution < -0.4 is 10.6 Å². The first-order valence-electron chi connectivity index (χ1n) is 8.89. The van der Waals surface area contributed by atoms with E-state index in [0.717, 1.165) is 43.4 Å². The summed E-state index contributed by atoms with van der Waals surface area (Å²) in [6.45, 7) is 2.68. The molecule has 0 spiro atoms. The minimum Gasteiger partial charge on any atom is -0.353 e. The quantitative estimate of drug-likeness (QED) is 0.637. The van der Waals surface area contributed by atoms with Crippen molar-refractivity contribution >= 4 is 17.6 Å². The Bertz CT molecular complexity index is 828. The average Bonchev–Trinajstić information content (AvgIpc) is 3.24. The van der Waals surface area contributed by atoms with Crippen molar-refractivity contribution in [3.8, 4) is 0 Å². The molecule has 0 radical (unpaired) electrons. The lowest BCUT2D eigenvalue weighted by Gasteiger charge is -2.25. The second-order valence-electron chi connectivity index (χ2n) is 6.94. The predicted octanol–water partition coefficient (Wildman–Crippen LogP) is 2.41. The van der Waals surface area contributed by atoms with Crippen LogP contribution in [0.4, 0.5) is 4.39 Å². The van der Waals surface area contributed by atoms with Crippen LogP contribution in [0.25, 0.3) is 0 Å². The van der Waals surface area contributed by atoms with Gasteiger partial charge in [-0.25, -0.2) is 14.1 Å². The van der Waals surface area contributed by atoms with Crippen LogP contribution in [0.3, 0.4) is 0 Å². The molecule has 6 nitrogen and oxygen atoms in total. The molecule has 4 rings (SSSR count). The lowest BCUT2D eigenvalue weighted by molar-refractivity contribution is 0.392. The molecule has 0 amide bonds. The fraction of sp³-hybridized carbons (Fsp3) is 0.500. The molecule has 1 aromatic heterocycles. The Morgan fingerprint density at radius 1 is 1.38 bits per heavy atom. The number of benzene rings is 1. The number of nitrogens with one attached hydrogen (secondary N) is 2. The lowest BCUT2D eigenvalue weighted by Crippen LogP contribution is -2.47. The third-order valence-corrected chi connectivity index (χ3v) is 5.34. The lowest BCUT2D eigenvalue weighted by atomic mass is 10.1. The second kappa shape index (κ2) is 6.87. The molecular weight excluding hydrogens is 355 g/mol. The summed E-state index contributed by atoms with van der Waals surface area (Å²) in [5.41, 5.74) is 0.600. The van der Waals surface area contributed by atoms with E-state index < -0.39 is 0 Å². The van der Waals surface area contributed by atoms with Crippen LogP contribution in [0, 0.1) is 12.7 Å². The molecule has 2 aliphatic rings. The van der Waals surface area contributed by atoms with Crippen molar-refractivity contribution in [2.75, 3.05) is 7.05 Å². The van der Waals surface area contributed by atoms with E-state index in [1.807, 2.05) is 11.6 Å². The minimum absolute atomic E-state index is 0.0816. The van der Waals surface area contributed by atoms with Gasteiger partial charge in [0.05, 0.1) is 6.54 Å². The third-order valence-electron chi connectivity index (χ3n) is 5.01. The van der Waals surface area contributed by atoms with Gasteiger partial charge in [0.15, 0.2) is 5.96 Å². The molecule has 1 aliphatic heterocycles. The smallest absolute Gasteiger partial charge is 0.191 e. The molecule has 2 aromatic rings. The molecule has 3 unspecified atom stereocenters. The summed E-state index contributed by atoms with van der Waals surface area (Å²) < 4.78 is 16.0. The topological polar surface area (TPSA) is 67.1 Å². The molecule has 2 N–H and O–H groups in total. The number of aliphatic imine (C=N–C) groups is 1. The normalized spacial score (nSPS) is 24.9. The van der Waals surface area contributed by atoms with E-state index >= 15 is 0 Å². The van der Waals surface area contributed by atoms with Gasteiger partial charge in [0, 0.05) is 42.1 Å². The van der Waals surface area contributed by atoms with Gasteiger partial charge in [0.1, 0.15) is 17.5 Å². The number of rotatable bonds is 3. The molecule has 8 heteroatoms. The predicted molar refractivity (Wildman–Crippen MR) is 99.1 cm³/mol. The van der Waals surface area contributed by atoms with Gasteiger partial charge in [0.2, 0.25) is 0 Å². The Morgan fingerprint density at radius 2 is 2.23 bits per heavy atom. The second-order valence-corrected chi connectivity index (χ2v) is 7.35. The summed E-state index contributed by atoms with van der Waals surface area (Å²) in [5, 5.41) is 11.8. The Hall–Kier alpha value is -2.15. The molecule has 138 valence electrons. The van der Waals surface area contributed by atoms with E-state index in [1.54, 1.807) is 19.2 Å². The zero-order valence-electron chi connectivity index (χ0n) is 14.8. The molecule has 0 saturated heterocycles. The van der Waals surface area contributed by atoms with Crippen LogP contribution in [0.5, 0.6) is 0 Å². The highest BCUT2D eigenvalue weighted by molar-refractivity contribution is 6.31. The maximum atomic E-state index is 14.1. The van der Waals surface area contributed by atoms with Gasteiger partial charge in [-0.05, 0) is 31.9 Å². The summed E-state index contributed by atoms with van der Waals surface area (Å²) in [6, 6.07) is 5.22. The molecule has 0 bridgehead atoms. The van der Waals surface area contributed by atoms with Gasteiger partial charge in [-0.2, -0.15) is 5.10 Å². The Labute approximate surface area is 156 Å². The van der Waals surface area contributed by atoms with Crippen molar-refractivity contribution in [3.05, 3.63) is 46.3 Å². The SMILES string of the molecule is CN=C(NC1CCc2nc(C)nn2C1)NC1CC1c1c(F)cccc1Cl. The highest BCUT2D eigenvalue weighted by Crippen LogP contribution is 2.44. The van der Waals surface area contributed by atoms with Gasteiger partial charge in [0.25, 0.3) is 0 Å². The number of aromatic nitrogens is 3. The molecule has 1 aliphatic carbocycles. The zero-order valence-corrected chi connectivity index (χ0v) is 15.6. The Balaban J connectivity index is 1.37. The standard InChI is InChI=1S/C18H22ClFN6/c1-10-22-16-7-6-11(9-26(16)25-10)23-18(21-2)24-15-8-12(15)17-13(19)4-3-5-14(17)20/h3-5,11-12,15H,6-9H2,1-2H3,(H2,21,23,24). The minimum atomic E-state index is -0.240. The van der Waals surface area contributed by atoms with Crippen LogP contribution in [-0.2, 0) is 13.0 Å². The Kier molecular flexibility index (Phi) is 4.56. The van der Waals surface area contributed by atoms with Crippen molar-refractivity contribution in [1.82, 2.24) is 25.4 Å². The summed E-state index contributed by atoms with van der Waals surface area (Å²) in [4.78, 5) is 8.75. The number of nitrogens with zero attached hydrogens (tertiary/aromatic N) is 4. The van der Waals surface area contributed by atoms with Crippen LogP contribution in [0.15, 0.2) is 23.2 Å². The van der Waals surface area contributed by atoms with Gasteiger partial charge in [-0.1, -0.05) is 17.7 Å². The monoisotopic (exact) mass is 376 g/mol. The number of halogens is 2. The van der Waals surface area contributed by atoms with Crippen LogP contribution in [-0.4, -0.2) is 39.9 Å². The number of guanidine groups is 1. The van der Waals surface area contributed by atoms with Crippen molar-refractivity contribution in [2.24, 2.45) is 4.99 Å². The van der Waals surface area contributed by atoms with Gasteiger partial charge in [-0.3, -0.25) is 4.99 Å². The molecule has 3 atom stereocenters. The summed E-state index contributed by atoms with van der Waals surface area (Å²) in [6.07, 6.45) is 2.72. The first kappa shape index (κ1) is 17.3. The average molecular weight is 377 g/mol. The number of hydrogen-bond acceptors (Lipinski definition) is 3. The van der Waals surface area contributed by atoms with Crippen LogP contribution in [0.2, 0.25) is 5.02 Å². The summed E-state index contributed by atoms with van der Waals surface area (Å²) >= 11 is 6.18. The van der Waals surface area contributed by atoms with Gasteiger partial charge < -0.3 is 10.6 Å². The molecule has 2 heterocycles. The van der Waals surface area contributed by atoms with Crippen LogP contribution in [0.1, 0.15) is 36.0 Å². The molecule has 26 heavy (non-hydrogen) atoms. The van der Waals surface area contributed by atoms with Crippen molar-refractivity contribution in [2.45, 2.75) is 50.7 Å². The first-order chi connectivity index (χ1) is 12.5. The van der Waals surface area contributed by atoms with Crippen LogP contribution >= 0.6 is 11.6 Å². The van der Waals surface area contributed by atoms with E-state index in [9.17, 15) is 4.39 Å². The Morgan fingerprint density at radius 3 is 3.00 bits per heavy atom. The fourth-order valence-corrected chi connectivity index (χ4v) is 3.93. The van der Waals surface area contributed by atoms with Crippen molar-refractivity contribution < 1.29 is 4.39 Å². The highest BCUT2D eigenvalue weighted by atomic mass is 35.5. The molecular formula is C18H22ClFN6. The fourth-order valence-electron chi connectivity index (χ4n) is 3.63. The zero-order chi connectivity index (χ0) is 18.3. The molecule has 1 saturated carbocycles. The summed E-state index contributed by atoms with van der Waals surface area (Å²) in [7, 11) is 1.75.